The number of rotatable bonds is 7. The van der Waals surface area contributed by atoms with Crippen molar-refractivity contribution in [2.75, 3.05) is 12.3 Å². The Labute approximate surface area is 119 Å². The highest BCUT2D eigenvalue weighted by atomic mass is 16.5. The highest BCUT2D eigenvalue weighted by molar-refractivity contribution is 5.43. The van der Waals surface area contributed by atoms with Gasteiger partial charge in [-0.2, -0.15) is 5.10 Å². The van der Waals surface area contributed by atoms with Crippen LogP contribution in [0.25, 0.3) is 0 Å². The van der Waals surface area contributed by atoms with Crippen molar-refractivity contribution in [2.45, 2.75) is 39.7 Å². The molecule has 2 aromatic rings. The van der Waals surface area contributed by atoms with E-state index in [1.54, 1.807) is 0 Å². The van der Waals surface area contributed by atoms with E-state index in [0.29, 0.717) is 6.61 Å². The summed E-state index contributed by atoms with van der Waals surface area (Å²) >= 11 is 0. The average molecular weight is 274 g/mol. The van der Waals surface area contributed by atoms with Crippen molar-refractivity contribution >= 4 is 5.69 Å². The van der Waals surface area contributed by atoms with Gasteiger partial charge in [-0.25, -0.2) is 9.67 Å². The zero-order valence-electron chi connectivity index (χ0n) is 12.2. The highest BCUT2D eigenvalue weighted by Crippen LogP contribution is 2.14. The van der Waals surface area contributed by atoms with E-state index in [1.165, 1.54) is 0 Å². The molecule has 1 heterocycles. The summed E-state index contributed by atoms with van der Waals surface area (Å²) in [5.41, 5.74) is 6.43. The van der Waals surface area contributed by atoms with E-state index < -0.39 is 0 Å². The van der Waals surface area contributed by atoms with Crippen molar-refractivity contribution in [2.24, 2.45) is 0 Å². The monoisotopic (exact) mass is 274 g/mol. The number of hydrogen-bond donors (Lipinski definition) is 1. The summed E-state index contributed by atoms with van der Waals surface area (Å²) in [6, 6.07) is 7.49. The largest absolute Gasteiger partial charge is 0.493 e. The van der Waals surface area contributed by atoms with Gasteiger partial charge in [0.1, 0.15) is 11.6 Å². The number of anilines is 1. The molecule has 1 aromatic carbocycles. The maximum Gasteiger partial charge on any atom is 0.150 e. The third kappa shape index (κ3) is 3.73. The number of aromatic nitrogens is 3. The van der Waals surface area contributed by atoms with Crippen molar-refractivity contribution < 1.29 is 4.74 Å². The number of nitrogens with two attached hydrogens (primary N) is 1. The molecule has 0 unspecified atom stereocenters. The number of hydrogen-bond acceptors (Lipinski definition) is 4. The summed E-state index contributed by atoms with van der Waals surface area (Å²) in [5, 5.41) is 4.49. The molecule has 0 aliphatic heterocycles. The lowest BCUT2D eigenvalue weighted by Gasteiger charge is -2.07. The van der Waals surface area contributed by atoms with Crippen LogP contribution in [0.5, 0.6) is 5.75 Å². The van der Waals surface area contributed by atoms with Gasteiger partial charge in [-0.3, -0.25) is 0 Å². The van der Waals surface area contributed by atoms with Crippen LogP contribution >= 0.6 is 0 Å². The summed E-state index contributed by atoms with van der Waals surface area (Å²) in [6.07, 6.45) is 2.68. The smallest absolute Gasteiger partial charge is 0.150 e. The number of aryl methyl sites for hydroxylation is 3. The van der Waals surface area contributed by atoms with E-state index >= 15 is 0 Å². The minimum Gasteiger partial charge on any atom is -0.493 e. The first-order valence-corrected chi connectivity index (χ1v) is 7.13. The molecule has 0 radical (unpaired) electrons. The van der Waals surface area contributed by atoms with Crippen LogP contribution < -0.4 is 10.5 Å². The Kier molecular flexibility index (Phi) is 4.98. The van der Waals surface area contributed by atoms with Crippen molar-refractivity contribution in [3.05, 3.63) is 35.9 Å². The molecule has 0 amide bonds. The Morgan fingerprint density at radius 1 is 1.25 bits per heavy atom. The van der Waals surface area contributed by atoms with Crippen LogP contribution in [0.15, 0.2) is 24.3 Å². The Morgan fingerprint density at radius 2 is 2.10 bits per heavy atom. The van der Waals surface area contributed by atoms with Gasteiger partial charge in [-0.15, -0.1) is 0 Å². The second-order valence-corrected chi connectivity index (χ2v) is 4.65. The quantitative estimate of drug-likeness (QED) is 0.622. The van der Waals surface area contributed by atoms with Crippen molar-refractivity contribution in [1.29, 1.82) is 0 Å². The molecule has 0 saturated carbocycles. The minimum absolute atomic E-state index is 0.647. The average Bonchev–Trinajstić information content (AvgIpc) is 2.86. The lowest BCUT2D eigenvalue weighted by atomic mass is 10.3. The molecule has 1 aromatic heterocycles. The molecule has 2 N–H and O–H groups in total. The van der Waals surface area contributed by atoms with Gasteiger partial charge in [0.05, 0.1) is 6.61 Å². The van der Waals surface area contributed by atoms with Gasteiger partial charge in [-0.1, -0.05) is 19.9 Å². The topological polar surface area (TPSA) is 66.0 Å². The molecule has 0 spiro atoms. The van der Waals surface area contributed by atoms with Crippen LogP contribution in [0, 0.1) is 0 Å². The SMILES string of the molecule is CCc1nc(CC)n(CCCOc2cccc(N)c2)n1. The van der Waals surface area contributed by atoms with Gasteiger partial charge in [0.15, 0.2) is 5.82 Å². The molecular weight excluding hydrogens is 252 g/mol. The standard InChI is InChI=1S/C15H22N4O/c1-3-14-17-15(4-2)19(18-14)9-6-10-20-13-8-5-7-12(16)11-13/h5,7-8,11H,3-4,6,9-10,16H2,1-2H3. The third-order valence-electron chi connectivity index (χ3n) is 3.07. The van der Waals surface area contributed by atoms with Crippen LogP contribution in [0.2, 0.25) is 0 Å². The van der Waals surface area contributed by atoms with Gasteiger partial charge in [0.2, 0.25) is 0 Å². The predicted octanol–water partition coefficient (Wildman–Crippen LogP) is 2.45. The summed E-state index contributed by atoms with van der Waals surface area (Å²) in [4.78, 5) is 4.49. The Hall–Kier alpha value is -2.04. The van der Waals surface area contributed by atoms with Crippen LogP contribution in [0.4, 0.5) is 5.69 Å². The molecule has 5 heteroatoms. The molecule has 108 valence electrons. The van der Waals surface area contributed by atoms with Crippen LogP contribution in [0.1, 0.15) is 31.9 Å². The molecule has 0 fully saturated rings. The Balaban J connectivity index is 1.82. The maximum absolute atomic E-state index is 5.71. The van der Waals surface area contributed by atoms with Gasteiger partial charge >= 0.3 is 0 Å². The minimum atomic E-state index is 0.647. The van der Waals surface area contributed by atoms with E-state index in [4.69, 9.17) is 10.5 Å². The molecular formula is C15H22N4O. The molecule has 5 nitrogen and oxygen atoms in total. The molecule has 0 atom stereocenters. The second-order valence-electron chi connectivity index (χ2n) is 4.65. The lowest BCUT2D eigenvalue weighted by Crippen LogP contribution is -2.09. The number of nitrogens with zero attached hydrogens (tertiary/aromatic N) is 3. The fraction of sp³-hybridized carbons (Fsp3) is 0.467. The molecule has 20 heavy (non-hydrogen) atoms. The van der Waals surface area contributed by atoms with Gasteiger partial charge in [-0.05, 0) is 12.1 Å². The summed E-state index contributed by atoms with van der Waals surface area (Å²) in [6.45, 7) is 5.65. The first kappa shape index (κ1) is 14.4. The first-order chi connectivity index (χ1) is 9.72. The number of nitrogen functional groups attached to an aromatic ring is 1. The normalized spacial score (nSPS) is 10.7. The van der Waals surface area contributed by atoms with Crippen LogP contribution in [-0.4, -0.2) is 21.4 Å². The van der Waals surface area contributed by atoms with Crippen molar-refractivity contribution in [3.63, 3.8) is 0 Å². The lowest BCUT2D eigenvalue weighted by molar-refractivity contribution is 0.297. The second kappa shape index (κ2) is 6.93. The predicted molar refractivity (Wildman–Crippen MR) is 79.7 cm³/mol. The number of benzene rings is 1. The number of ether oxygens (including phenoxy) is 1. The maximum atomic E-state index is 5.71. The van der Waals surface area contributed by atoms with E-state index in [0.717, 1.165) is 48.9 Å². The zero-order chi connectivity index (χ0) is 14.4. The van der Waals surface area contributed by atoms with Crippen LogP contribution in [0.3, 0.4) is 0 Å². The van der Waals surface area contributed by atoms with E-state index in [1.807, 2.05) is 28.9 Å². The molecule has 0 saturated heterocycles. The molecule has 0 aliphatic rings. The molecule has 0 bridgehead atoms. The van der Waals surface area contributed by atoms with Crippen molar-refractivity contribution in [1.82, 2.24) is 14.8 Å². The highest BCUT2D eigenvalue weighted by Gasteiger charge is 2.06. The van der Waals surface area contributed by atoms with E-state index in [-0.39, 0.29) is 0 Å². The van der Waals surface area contributed by atoms with Crippen molar-refractivity contribution in [3.8, 4) is 5.75 Å². The third-order valence-corrected chi connectivity index (χ3v) is 3.07. The van der Waals surface area contributed by atoms with Gasteiger partial charge in [0, 0.05) is 37.6 Å². The molecule has 0 aliphatic carbocycles. The Morgan fingerprint density at radius 3 is 2.80 bits per heavy atom. The Bertz CT molecular complexity index is 551. The van der Waals surface area contributed by atoms with Gasteiger partial charge < -0.3 is 10.5 Å². The van der Waals surface area contributed by atoms with Gasteiger partial charge in [0.25, 0.3) is 0 Å². The molecule has 2 rings (SSSR count). The fourth-order valence-electron chi connectivity index (χ4n) is 2.03. The summed E-state index contributed by atoms with van der Waals surface area (Å²) < 4.78 is 7.66. The van der Waals surface area contributed by atoms with E-state index in [9.17, 15) is 0 Å². The summed E-state index contributed by atoms with van der Waals surface area (Å²) in [7, 11) is 0. The first-order valence-electron chi connectivity index (χ1n) is 7.13. The zero-order valence-corrected chi connectivity index (χ0v) is 12.2. The van der Waals surface area contributed by atoms with Crippen LogP contribution in [-0.2, 0) is 19.4 Å². The summed E-state index contributed by atoms with van der Waals surface area (Å²) in [5.74, 6) is 2.78. The fourth-order valence-corrected chi connectivity index (χ4v) is 2.03. The van der Waals surface area contributed by atoms with E-state index in [2.05, 4.69) is 23.9 Å².